The standard InChI is InChI=1S/C29H29ClN2O6/c1-16-9-8-10-18(15-16)23-21-20(24(33)32(23)27(36)38-29(5,6)7)22(17-11-13-19(30)14-12-17)31(25(21)34)26(35)37-28(2,3)4/h8-15H,1-7H3. The molecule has 0 bridgehead atoms. The number of amides is 4. The number of nitrogens with zero attached hydrogens (tertiary/aromatic N) is 2. The minimum Gasteiger partial charge on any atom is -0.443 e. The van der Waals surface area contributed by atoms with Gasteiger partial charge in [0.25, 0.3) is 11.8 Å². The molecule has 2 aliphatic rings. The van der Waals surface area contributed by atoms with Gasteiger partial charge in [0.2, 0.25) is 0 Å². The number of hydrogen-bond acceptors (Lipinski definition) is 6. The van der Waals surface area contributed by atoms with E-state index in [0.29, 0.717) is 16.1 Å². The Morgan fingerprint density at radius 1 is 0.711 bits per heavy atom. The average molecular weight is 537 g/mol. The Morgan fingerprint density at radius 2 is 1.16 bits per heavy atom. The van der Waals surface area contributed by atoms with E-state index in [0.717, 1.165) is 15.4 Å². The molecule has 2 aliphatic heterocycles. The van der Waals surface area contributed by atoms with Crippen LogP contribution in [0.4, 0.5) is 9.59 Å². The van der Waals surface area contributed by atoms with Crippen molar-refractivity contribution in [3.8, 4) is 0 Å². The first-order valence-corrected chi connectivity index (χ1v) is 12.4. The van der Waals surface area contributed by atoms with Crippen LogP contribution in [0.15, 0.2) is 59.7 Å². The van der Waals surface area contributed by atoms with Crippen LogP contribution in [0.2, 0.25) is 5.02 Å². The second kappa shape index (κ2) is 9.44. The van der Waals surface area contributed by atoms with Crippen LogP contribution < -0.4 is 0 Å². The van der Waals surface area contributed by atoms with E-state index < -0.39 is 35.2 Å². The topological polar surface area (TPSA) is 93.2 Å². The SMILES string of the molecule is Cc1cccc(C2=C3C(=O)N(C(=O)OC(C)(C)C)C(c4ccc(Cl)cc4)=C3C(=O)N2C(=O)OC(C)(C)C)c1. The average Bonchev–Trinajstić information content (AvgIpc) is 3.24. The molecule has 9 heteroatoms. The summed E-state index contributed by atoms with van der Waals surface area (Å²) in [6.45, 7) is 11.9. The summed E-state index contributed by atoms with van der Waals surface area (Å²) in [5, 5.41) is 0.428. The molecule has 0 aliphatic carbocycles. The van der Waals surface area contributed by atoms with E-state index in [4.69, 9.17) is 21.1 Å². The van der Waals surface area contributed by atoms with Gasteiger partial charge < -0.3 is 9.47 Å². The second-order valence-electron chi connectivity index (χ2n) is 11.1. The number of ether oxygens (including phenoxy) is 2. The number of hydrogen-bond donors (Lipinski definition) is 0. The molecule has 4 amide bonds. The molecule has 8 nitrogen and oxygen atoms in total. The normalized spacial score (nSPS) is 15.9. The molecule has 0 atom stereocenters. The molecule has 0 N–H and O–H groups in total. The van der Waals surface area contributed by atoms with Gasteiger partial charge in [0, 0.05) is 5.02 Å². The Morgan fingerprint density at radius 3 is 1.58 bits per heavy atom. The van der Waals surface area contributed by atoms with Gasteiger partial charge in [0.15, 0.2) is 0 Å². The monoisotopic (exact) mass is 536 g/mol. The molecular weight excluding hydrogens is 508 g/mol. The van der Waals surface area contributed by atoms with E-state index in [9.17, 15) is 19.2 Å². The predicted molar refractivity (Wildman–Crippen MR) is 143 cm³/mol. The Balaban J connectivity index is 2.03. The fraction of sp³-hybridized carbons (Fsp3) is 0.310. The molecule has 2 heterocycles. The minimum absolute atomic E-state index is 0.0112. The molecule has 2 aromatic rings. The van der Waals surface area contributed by atoms with E-state index >= 15 is 0 Å². The highest BCUT2D eigenvalue weighted by Crippen LogP contribution is 2.47. The number of fused-ring (bicyclic) bond motifs is 1. The lowest BCUT2D eigenvalue weighted by Crippen LogP contribution is -2.40. The van der Waals surface area contributed by atoms with Crippen LogP contribution in [-0.2, 0) is 19.1 Å². The summed E-state index contributed by atoms with van der Waals surface area (Å²) in [5.74, 6) is -1.56. The highest BCUT2D eigenvalue weighted by Gasteiger charge is 2.54. The maximum atomic E-state index is 14.0. The summed E-state index contributed by atoms with van der Waals surface area (Å²) in [4.78, 5) is 56.4. The van der Waals surface area contributed by atoms with Crippen molar-refractivity contribution in [1.82, 2.24) is 9.80 Å². The lowest BCUT2D eigenvalue weighted by Gasteiger charge is -2.27. The molecule has 2 aromatic carbocycles. The molecular formula is C29H29ClN2O6. The van der Waals surface area contributed by atoms with Crippen LogP contribution >= 0.6 is 11.6 Å². The van der Waals surface area contributed by atoms with Gasteiger partial charge in [-0.25, -0.2) is 19.4 Å². The molecule has 0 saturated carbocycles. The zero-order valence-corrected chi connectivity index (χ0v) is 23.1. The molecule has 0 spiro atoms. The van der Waals surface area contributed by atoms with Gasteiger partial charge in [-0.05, 0) is 77.8 Å². The van der Waals surface area contributed by atoms with Crippen molar-refractivity contribution in [3.05, 3.63) is 81.4 Å². The van der Waals surface area contributed by atoms with Crippen molar-refractivity contribution >= 4 is 47.0 Å². The van der Waals surface area contributed by atoms with Gasteiger partial charge in [-0.1, -0.05) is 47.5 Å². The maximum Gasteiger partial charge on any atom is 0.422 e. The van der Waals surface area contributed by atoms with Crippen molar-refractivity contribution in [2.75, 3.05) is 0 Å². The lowest BCUT2D eigenvalue weighted by atomic mass is 10.0. The summed E-state index contributed by atoms with van der Waals surface area (Å²) in [7, 11) is 0. The van der Waals surface area contributed by atoms with Gasteiger partial charge in [-0.2, -0.15) is 0 Å². The number of benzene rings is 2. The van der Waals surface area contributed by atoms with Crippen LogP contribution in [0.1, 0.15) is 58.2 Å². The molecule has 198 valence electrons. The van der Waals surface area contributed by atoms with Crippen LogP contribution in [-0.4, -0.2) is 45.0 Å². The van der Waals surface area contributed by atoms with Crippen molar-refractivity contribution < 1.29 is 28.7 Å². The lowest BCUT2D eigenvalue weighted by molar-refractivity contribution is -0.123. The summed E-state index contributed by atoms with van der Waals surface area (Å²) in [5.41, 5.74) is -0.263. The van der Waals surface area contributed by atoms with Crippen molar-refractivity contribution in [2.45, 2.75) is 59.7 Å². The largest absolute Gasteiger partial charge is 0.443 e. The van der Waals surface area contributed by atoms with Crippen LogP contribution in [0.25, 0.3) is 11.4 Å². The van der Waals surface area contributed by atoms with Crippen LogP contribution in [0.3, 0.4) is 0 Å². The third-order valence-corrected chi connectivity index (χ3v) is 5.82. The summed E-state index contributed by atoms with van der Waals surface area (Å²) in [6, 6.07) is 13.4. The summed E-state index contributed by atoms with van der Waals surface area (Å²) < 4.78 is 11.1. The molecule has 38 heavy (non-hydrogen) atoms. The minimum atomic E-state index is -0.943. The first kappa shape index (κ1) is 27.1. The fourth-order valence-electron chi connectivity index (χ4n) is 4.21. The Hall–Kier alpha value is -3.91. The van der Waals surface area contributed by atoms with E-state index in [1.165, 1.54) is 0 Å². The third-order valence-electron chi connectivity index (χ3n) is 5.57. The highest BCUT2D eigenvalue weighted by atomic mass is 35.5. The summed E-state index contributed by atoms with van der Waals surface area (Å²) in [6.07, 6.45) is -1.87. The zero-order valence-electron chi connectivity index (χ0n) is 22.3. The number of rotatable bonds is 2. The van der Waals surface area contributed by atoms with Crippen molar-refractivity contribution in [3.63, 3.8) is 0 Å². The smallest absolute Gasteiger partial charge is 0.422 e. The number of carbonyl (C=O) groups excluding carboxylic acids is 4. The predicted octanol–water partition coefficient (Wildman–Crippen LogP) is 6.33. The molecule has 4 rings (SSSR count). The number of halogens is 1. The van der Waals surface area contributed by atoms with Gasteiger partial charge >= 0.3 is 12.2 Å². The zero-order chi connectivity index (χ0) is 28.2. The molecule has 0 unspecified atom stereocenters. The van der Waals surface area contributed by atoms with E-state index in [2.05, 4.69) is 0 Å². The molecule has 0 aromatic heterocycles. The molecule has 0 fully saturated rings. The molecule has 0 radical (unpaired) electrons. The second-order valence-corrected chi connectivity index (χ2v) is 11.5. The third kappa shape index (κ3) is 5.09. The summed E-state index contributed by atoms with van der Waals surface area (Å²) >= 11 is 6.08. The maximum absolute atomic E-state index is 14.0. The van der Waals surface area contributed by atoms with E-state index in [1.807, 2.05) is 13.0 Å². The number of aryl methyl sites for hydroxylation is 1. The Bertz CT molecular complexity index is 1420. The fourth-order valence-corrected chi connectivity index (χ4v) is 4.34. The van der Waals surface area contributed by atoms with Crippen molar-refractivity contribution in [1.29, 1.82) is 0 Å². The van der Waals surface area contributed by atoms with Gasteiger partial charge in [0.05, 0.1) is 22.5 Å². The Kier molecular flexibility index (Phi) is 6.74. The quantitative estimate of drug-likeness (QED) is 0.445. The van der Waals surface area contributed by atoms with Crippen LogP contribution in [0.5, 0.6) is 0 Å². The van der Waals surface area contributed by atoms with Crippen LogP contribution in [0, 0.1) is 6.92 Å². The highest BCUT2D eigenvalue weighted by molar-refractivity contribution is 6.35. The van der Waals surface area contributed by atoms with E-state index in [-0.39, 0.29) is 22.5 Å². The number of imide groups is 2. The number of carbonyl (C=O) groups is 4. The van der Waals surface area contributed by atoms with Gasteiger partial charge in [-0.15, -0.1) is 0 Å². The first-order chi connectivity index (χ1) is 17.6. The van der Waals surface area contributed by atoms with E-state index in [1.54, 1.807) is 84.0 Å². The first-order valence-electron chi connectivity index (χ1n) is 12.1. The van der Waals surface area contributed by atoms with Crippen molar-refractivity contribution in [2.24, 2.45) is 0 Å². The van der Waals surface area contributed by atoms with Gasteiger partial charge in [0.1, 0.15) is 11.2 Å². The Labute approximate surface area is 226 Å². The molecule has 0 saturated heterocycles. The van der Waals surface area contributed by atoms with Gasteiger partial charge in [-0.3, -0.25) is 9.59 Å².